The third kappa shape index (κ3) is 1.66. The highest BCUT2D eigenvalue weighted by Gasteiger charge is 2.28. The minimum Gasteiger partial charge on any atom is -0.126 e. The van der Waals surface area contributed by atoms with Crippen LogP contribution in [0.3, 0.4) is 0 Å². The molecule has 0 saturated heterocycles. The summed E-state index contributed by atoms with van der Waals surface area (Å²) < 4.78 is 0. The predicted molar refractivity (Wildman–Crippen MR) is 46.4 cm³/mol. The number of hydrogen-bond acceptors (Lipinski definition) is 0. The first-order valence-electron chi connectivity index (χ1n) is 4.31. The van der Waals surface area contributed by atoms with Gasteiger partial charge in [-0.2, -0.15) is 0 Å². The SMILES string of the molecule is CC(C)C1CCCC1CCl. The van der Waals surface area contributed by atoms with E-state index >= 15 is 0 Å². The number of hydrogen-bond donors (Lipinski definition) is 0. The van der Waals surface area contributed by atoms with E-state index in [1.54, 1.807) is 0 Å². The highest BCUT2D eigenvalue weighted by atomic mass is 35.5. The molecule has 1 heteroatoms. The Hall–Kier alpha value is 0.290. The first-order valence-corrected chi connectivity index (χ1v) is 4.85. The van der Waals surface area contributed by atoms with Crippen LogP contribution in [0.2, 0.25) is 0 Å². The van der Waals surface area contributed by atoms with Crippen LogP contribution in [0.25, 0.3) is 0 Å². The van der Waals surface area contributed by atoms with Crippen molar-refractivity contribution in [2.45, 2.75) is 33.1 Å². The van der Waals surface area contributed by atoms with Crippen LogP contribution in [-0.2, 0) is 0 Å². The number of rotatable bonds is 2. The molecule has 1 rings (SSSR count). The standard InChI is InChI=1S/C9H17Cl/c1-7(2)9-5-3-4-8(9)6-10/h7-9H,3-6H2,1-2H3. The van der Waals surface area contributed by atoms with Crippen molar-refractivity contribution in [3.05, 3.63) is 0 Å². The van der Waals surface area contributed by atoms with Crippen LogP contribution in [0, 0.1) is 17.8 Å². The van der Waals surface area contributed by atoms with Crippen LogP contribution < -0.4 is 0 Å². The lowest BCUT2D eigenvalue weighted by Gasteiger charge is -2.20. The maximum absolute atomic E-state index is 5.85. The molecular weight excluding hydrogens is 144 g/mol. The fourth-order valence-electron chi connectivity index (χ4n) is 2.13. The van der Waals surface area contributed by atoms with Crippen LogP contribution in [-0.4, -0.2) is 5.88 Å². The van der Waals surface area contributed by atoms with Gasteiger partial charge in [0.1, 0.15) is 0 Å². The Labute approximate surface area is 69.0 Å². The molecule has 10 heavy (non-hydrogen) atoms. The first-order chi connectivity index (χ1) is 4.75. The van der Waals surface area contributed by atoms with Crippen molar-refractivity contribution in [2.75, 3.05) is 5.88 Å². The molecule has 2 unspecified atom stereocenters. The highest BCUT2D eigenvalue weighted by molar-refractivity contribution is 6.18. The minimum absolute atomic E-state index is 0.821. The molecule has 0 amide bonds. The molecule has 1 fully saturated rings. The number of alkyl halides is 1. The van der Waals surface area contributed by atoms with Gasteiger partial charge in [-0.15, -0.1) is 11.6 Å². The molecule has 0 aliphatic heterocycles. The molecular formula is C9H17Cl. The molecule has 0 N–H and O–H groups in total. The zero-order chi connectivity index (χ0) is 7.56. The average molecular weight is 161 g/mol. The Morgan fingerprint density at radius 1 is 1.40 bits per heavy atom. The summed E-state index contributed by atoms with van der Waals surface area (Å²) in [5.41, 5.74) is 0. The maximum Gasteiger partial charge on any atom is 0.0254 e. The van der Waals surface area contributed by atoms with Crippen LogP contribution >= 0.6 is 11.6 Å². The van der Waals surface area contributed by atoms with Gasteiger partial charge in [0.2, 0.25) is 0 Å². The Kier molecular flexibility index (Phi) is 3.03. The van der Waals surface area contributed by atoms with E-state index in [9.17, 15) is 0 Å². The smallest absolute Gasteiger partial charge is 0.0254 e. The lowest BCUT2D eigenvalue weighted by molar-refractivity contribution is 0.317. The van der Waals surface area contributed by atoms with Crippen molar-refractivity contribution in [1.29, 1.82) is 0 Å². The summed E-state index contributed by atoms with van der Waals surface area (Å²) in [5.74, 6) is 3.45. The normalized spacial score (nSPS) is 33.6. The quantitative estimate of drug-likeness (QED) is 0.544. The summed E-state index contributed by atoms with van der Waals surface area (Å²) in [6.07, 6.45) is 4.18. The van der Waals surface area contributed by atoms with Gasteiger partial charge in [0.25, 0.3) is 0 Å². The number of halogens is 1. The van der Waals surface area contributed by atoms with Gasteiger partial charge >= 0.3 is 0 Å². The topological polar surface area (TPSA) is 0 Å². The van der Waals surface area contributed by atoms with E-state index in [0.717, 1.165) is 23.6 Å². The third-order valence-corrected chi connectivity index (χ3v) is 3.17. The molecule has 0 nitrogen and oxygen atoms in total. The summed E-state index contributed by atoms with van der Waals surface area (Å²) in [5, 5.41) is 0. The summed E-state index contributed by atoms with van der Waals surface area (Å²) in [6, 6.07) is 0. The van der Waals surface area contributed by atoms with Gasteiger partial charge in [-0.25, -0.2) is 0 Å². The molecule has 1 aliphatic carbocycles. The van der Waals surface area contributed by atoms with Gasteiger partial charge in [0, 0.05) is 5.88 Å². The van der Waals surface area contributed by atoms with Gasteiger partial charge in [-0.1, -0.05) is 20.3 Å². The van der Waals surface area contributed by atoms with Crippen LogP contribution in [0.4, 0.5) is 0 Å². The fourth-order valence-corrected chi connectivity index (χ4v) is 2.52. The molecule has 1 saturated carbocycles. The zero-order valence-electron chi connectivity index (χ0n) is 6.94. The fraction of sp³-hybridized carbons (Fsp3) is 1.00. The van der Waals surface area contributed by atoms with Gasteiger partial charge in [0.15, 0.2) is 0 Å². The first kappa shape index (κ1) is 8.39. The third-order valence-electron chi connectivity index (χ3n) is 2.77. The molecule has 0 spiro atoms. The van der Waals surface area contributed by atoms with Crippen molar-refractivity contribution in [1.82, 2.24) is 0 Å². The molecule has 1 aliphatic rings. The lowest BCUT2D eigenvalue weighted by atomic mass is 9.87. The van der Waals surface area contributed by atoms with E-state index in [0.29, 0.717) is 0 Å². The van der Waals surface area contributed by atoms with E-state index in [4.69, 9.17) is 11.6 Å². The van der Waals surface area contributed by atoms with Crippen molar-refractivity contribution in [3.63, 3.8) is 0 Å². The molecule has 0 aromatic rings. The Bertz CT molecular complexity index is 98.9. The van der Waals surface area contributed by atoms with E-state index in [2.05, 4.69) is 13.8 Å². The Morgan fingerprint density at radius 3 is 2.50 bits per heavy atom. The van der Waals surface area contributed by atoms with Crippen molar-refractivity contribution in [2.24, 2.45) is 17.8 Å². The summed E-state index contributed by atoms with van der Waals surface area (Å²) >= 11 is 5.85. The van der Waals surface area contributed by atoms with Crippen molar-refractivity contribution in [3.8, 4) is 0 Å². The Balaban J connectivity index is 2.42. The zero-order valence-corrected chi connectivity index (χ0v) is 7.69. The van der Waals surface area contributed by atoms with E-state index in [1.165, 1.54) is 19.3 Å². The second-order valence-electron chi connectivity index (χ2n) is 3.75. The van der Waals surface area contributed by atoms with Crippen molar-refractivity contribution >= 4 is 11.6 Å². The molecule has 0 heterocycles. The minimum atomic E-state index is 0.821. The summed E-state index contributed by atoms with van der Waals surface area (Å²) in [4.78, 5) is 0. The second kappa shape index (κ2) is 3.61. The van der Waals surface area contributed by atoms with Crippen LogP contribution in [0.1, 0.15) is 33.1 Å². The maximum atomic E-state index is 5.85. The van der Waals surface area contributed by atoms with Gasteiger partial charge < -0.3 is 0 Å². The van der Waals surface area contributed by atoms with Gasteiger partial charge in [-0.3, -0.25) is 0 Å². The van der Waals surface area contributed by atoms with Crippen LogP contribution in [0.5, 0.6) is 0 Å². The largest absolute Gasteiger partial charge is 0.126 e. The van der Waals surface area contributed by atoms with Crippen molar-refractivity contribution < 1.29 is 0 Å². The molecule has 60 valence electrons. The molecule has 0 bridgehead atoms. The molecule has 0 aromatic heterocycles. The molecule has 2 atom stereocenters. The highest BCUT2D eigenvalue weighted by Crippen LogP contribution is 2.37. The van der Waals surface area contributed by atoms with E-state index in [-0.39, 0.29) is 0 Å². The monoisotopic (exact) mass is 160 g/mol. The molecule has 0 aromatic carbocycles. The predicted octanol–water partition coefficient (Wildman–Crippen LogP) is 3.30. The van der Waals surface area contributed by atoms with Gasteiger partial charge in [0.05, 0.1) is 0 Å². The van der Waals surface area contributed by atoms with Gasteiger partial charge in [-0.05, 0) is 30.6 Å². The second-order valence-corrected chi connectivity index (χ2v) is 4.06. The average Bonchev–Trinajstić information content (AvgIpc) is 2.33. The van der Waals surface area contributed by atoms with E-state index in [1.807, 2.05) is 0 Å². The molecule has 0 radical (unpaired) electrons. The Morgan fingerprint density at radius 2 is 2.10 bits per heavy atom. The summed E-state index contributed by atoms with van der Waals surface area (Å²) in [6.45, 7) is 4.63. The van der Waals surface area contributed by atoms with E-state index < -0.39 is 0 Å². The summed E-state index contributed by atoms with van der Waals surface area (Å²) in [7, 11) is 0. The van der Waals surface area contributed by atoms with Crippen LogP contribution in [0.15, 0.2) is 0 Å². The lowest BCUT2D eigenvalue weighted by Crippen LogP contribution is -2.15.